The van der Waals surface area contributed by atoms with Gasteiger partial charge < -0.3 is 49.3 Å². The highest BCUT2D eigenvalue weighted by Gasteiger charge is 2.43. The third-order valence-corrected chi connectivity index (χ3v) is 11.8. The van der Waals surface area contributed by atoms with Crippen LogP contribution in [0.4, 0.5) is 9.59 Å². The maximum atomic E-state index is 14.1. The maximum Gasteiger partial charge on any atom is 0.407 e. The second kappa shape index (κ2) is 19.5. The lowest BCUT2D eigenvalue weighted by atomic mass is 10.0. The molecule has 16 nitrogen and oxygen atoms in total. The van der Waals surface area contributed by atoms with Gasteiger partial charge in [0, 0.05) is 33.2 Å². The topological polar surface area (TPSA) is 193 Å². The molecule has 0 spiro atoms. The van der Waals surface area contributed by atoms with Crippen LogP contribution in [0.25, 0.3) is 33.6 Å². The number of ether oxygens (including phenoxy) is 4. The minimum Gasteiger partial charge on any atom is -0.453 e. The van der Waals surface area contributed by atoms with Crippen molar-refractivity contribution < 1.29 is 38.1 Å². The monoisotopic (exact) mass is 846 g/mol. The van der Waals surface area contributed by atoms with Gasteiger partial charge in [-0.05, 0) is 53.5 Å². The lowest BCUT2D eigenvalue weighted by Crippen LogP contribution is -2.54. The zero-order valence-electron chi connectivity index (χ0n) is 35.8. The quantitative estimate of drug-likeness (QED) is 0.0968. The number of carbonyl (C=O) groups is 4. The average molecular weight is 847 g/mol. The highest BCUT2D eigenvalue weighted by Crippen LogP contribution is 2.38. The van der Waals surface area contributed by atoms with Crippen LogP contribution in [0.3, 0.4) is 0 Å². The molecule has 4 heterocycles. The molecule has 2 fully saturated rings. The van der Waals surface area contributed by atoms with Gasteiger partial charge in [0.1, 0.15) is 23.7 Å². The number of nitrogens with one attached hydrogen (secondary N) is 4. The molecule has 2 saturated heterocycles. The molecule has 2 aliphatic rings. The Morgan fingerprint density at radius 3 is 1.74 bits per heavy atom. The van der Waals surface area contributed by atoms with Crippen molar-refractivity contribution in [3.63, 3.8) is 0 Å². The van der Waals surface area contributed by atoms with Gasteiger partial charge in [0.2, 0.25) is 5.91 Å². The number of carbonyl (C=O) groups excluding carboxylic acids is 4. The number of H-pyrrole nitrogens is 2. The van der Waals surface area contributed by atoms with Crippen molar-refractivity contribution in [2.75, 3.05) is 48.1 Å². The first-order chi connectivity index (χ1) is 30.0. The Balaban J connectivity index is 1.04. The van der Waals surface area contributed by atoms with Crippen molar-refractivity contribution in [3.8, 4) is 33.6 Å². The summed E-state index contributed by atoms with van der Waals surface area (Å²) in [6.45, 7) is 5.27. The summed E-state index contributed by atoms with van der Waals surface area (Å²) in [6, 6.07) is 23.0. The van der Waals surface area contributed by atoms with E-state index in [-0.39, 0.29) is 35.7 Å². The molecule has 4 amide bonds. The number of amides is 4. The van der Waals surface area contributed by atoms with E-state index in [1.54, 1.807) is 36.2 Å². The molecule has 0 saturated carbocycles. The second-order valence-electron chi connectivity index (χ2n) is 16.0. The summed E-state index contributed by atoms with van der Waals surface area (Å²) >= 11 is 0. The van der Waals surface area contributed by atoms with Crippen LogP contribution in [0, 0.1) is 11.8 Å². The molecule has 0 bridgehead atoms. The van der Waals surface area contributed by atoms with E-state index >= 15 is 0 Å². The SMILES string of the molecule is COCC1CC(c2ncc(-c3ccc(-c4ccc(-c5cnc(C6CC(C)CN6C(=O)C(NC(=O)OC)c6ccccc6)[nH]5)cc4)cc3)[nH]2)N(C(=O)C(NC(=O)OC)C(C)OC)C1. The molecular formula is C46H54N8O8. The first-order valence-electron chi connectivity index (χ1n) is 20.7. The van der Waals surface area contributed by atoms with Gasteiger partial charge in [-0.1, -0.05) is 85.8 Å². The molecule has 16 heteroatoms. The number of methoxy groups -OCH3 is 4. The Labute approximate surface area is 360 Å². The Bertz CT molecular complexity index is 2310. The van der Waals surface area contributed by atoms with Crippen LogP contribution in [0.5, 0.6) is 0 Å². The van der Waals surface area contributed by atoms with Crippen molar-refractivity contribution in [3.05, 3.63) is 108 Å². The van der Waals surface area contributed by atoms with Crippen LogP contribution in [0.15, 0.2) is 91.3 Å². The Hall–Kier alpha value is -6.52. The predicted molar refractivity (Wildman–Crippen MR) is 230 cm³/mol. The molecule has 7 atom stereocenters. The molecule has 0 radical (unpaired) electrons. The number of benzene rings is 3. The van der Waals surface area contributed by atoms with Gasteiger partial charge in [0.15, 0.2) is 0 Å². The molecule has 7 rings (SSSR count). The van der Waals surface area contributed by atoms with E-state index in [4.69, 9.17) is 28.9 Å². The van der Waals surface area contributed by atoms with Crippen LogP contribution < -0.4 is 10.6 Å². The normalized spacial score (nSPS) is 20.0. The lowest BCUT2D eigenvalue weighted by molar-refractivity contribution is -0.138. The Kier molecular flexibility index (Phi) is 13.7. The fourth-order valence-corrected chi connectivity index (χ4v) is 8.48. The van der Waals surface area contributed by atoms with Crippen molar-refractivity contribution in [2.45, 2.75) is 57.0 Å². The first kappa shape index (κ1) is 43.6. The van der Waals surface area contributed by atoms with E-state index in [9.17, 15) is 19.2 Å². The van der Waals surface area contributed by atoms with Crippen molar-refractivity contribution >= 4 is 24.0 Å². The minimum absolute atomic E-state index is 0.0775. The number of likely N-dealkylation sites (tertiary alicyclic amines) is 2. The third kappa shape index (κ3) is 9.51. The predicted octanol–water partition coefficient (Wildman–Crippen LogP) is 6.44. The lowest BCUT2D eigenvalue weighted by Gasteiger charge is -2.30. The molecule has 5 aromatic rings. The van der Waals surface area contributed by atoms with Gasteiger partial charge in [-0.15, -0.1) is 0 Å². The van der Waals surface area contributed by atoms with Gasteiger partial charge >= 0.3 is 12.2 Å². The molecular weight excluding hydrogens is 793 g/mol. The summed E-state index contributed by atoms with van der Waals surface area (Å²) in [7, 11) is 5.66. The first-order valence-corrected chi connectivity index (χ1v) is 20.7. The Morgan fingerprint density at radius 2 is 1.21 bits per heavy atom. The number of aromatic nitrogens is 4. The summed E-state index contributed by atoms with van der Waals surface area (Å²) < 4.78 is 20.5. The van der Waals surface area contributed by atoms with E-state index in [1.807, 2.05) is 54.6 Å². The Morgan fingerprint density at radius 1 is 0.694 bits per heavy atom. The number of hydrogen-bond donors (Lipinski definition) is 4. The average Bonchev–Trinajstić information content (AvgIpc) is 4.14. The molecule has 2 aromatic heterocycles. The number of imidazole rings is 2. The smallest absolute Gasteiger partial charge is 0.407 e. The van der Waals surface area contributed by atoms with Crippen LogP contribution in [-0.2, 0) is 28.5 Å². The number of alkyl carbamates (subject to hydrolysis) is 2. The molecule has 4 N–H and O–H groups in total. The van der Waals surface area contributed by atoms with Crippen LogP contribution in [0.1, 0.15) is 62.0 Å². The third-order valence-electron chi connectivity index (χ3n) is 11.8. The molecule has 0 aliphatic carbocycles. The van der Waals surface area contributed by atoms with E-state index < -0.39 is 30.4 Å². The second-order valence-corrected chi connectivity index (χ2v) is 16.0. The number of rotatable bonds is 14. The highest BCUT2D eigenvalue weighted by molar-refractivity contribution is 5.88. The molecule has 62 heavy (non-hydrogen) atoms. The summed E-state index contributed by atoms with van der Waals surface area (Å²) in [5.41, 5.74) is 6.24. The zero-order valence-corrected chi connectivity index (χ0v) is 35.8. The molecule has 2 aliphatic heterocycles. The maximum absolute atomic E-state index is 14.1. The van der Waals surface area contributed by atoms with Gasteiger partial charge in [-0.3, -0.25) is 9.59 Å². The van der Waals surface area contributed by atoms with Gasteiger partial charge in [0.25, 0.3) is 5.91 Å². The molecule has 3 aromatic carbocycles. The highest BCUT2D eigenvalue weighted by atomic mass is 16.5. The molecule has 326 valence electrons. The van der Waals surface area contributed by atoms with Crippen molar-refractivity contribution in [2.24, 2.45) is 11.8 Å². The van der Waals surface area contributed by atoms with Crippen molar-refractivity contribution in [1.82, 2.24) is 40.4 Å². The summed E-state index contributed by atoms with van der Waals surface area (Å²) in [5, 5.41) is 5.36. The summed E-state index contributed by atoms with van der Waals surface area (Å²) in [6.07, 6.45) is 2.93. The van der Waals surface area contributed by atoms with E-state index in [1.165, 1.54) is 21.3 Å². The zero-order chi connectivity index (χ0) is 43.9. The van der Waals surface area contributed by atoms with Crippen LogP contribution in [-0.4, -0.2) is 114 Å². The van der Waals surface area contributed by atoms with Crippen LogP contribution in [0.2, 0.25) is 0 Å². The minimum atomic E-state index is -0.953. The largest absolute Gasteiger partial charge is 0.453 e. The standard InChI is InChI=1S/C46H54N8O8/c1-27-20-37(53(24-27)44(56)40(52-46(58)62-6)34-10-8-7-9-11-34)41-47-22-35(49-41)32-16-12-30(13-17-32)31-14-18-33(19-15-31)36-23-48-42(50-36)38-21-29(26-59-3)25-54(38)43(55)39(28(2)60-4)51-45(57)61-5/h7-19,22-23,27-29,37-40H,20-21,24-26H2,1-6H3,(H,47,49)(H,48,50)(H,51,57)(H,52,58). The van der Waals surface area contributed by atoms with Gasteiger partial charge in [-0.25, -0.2) is 19.6 Å². The van der Waals surface area contributed by atoms with E-state index in [0.717, 1.165) is 40.1 Å². The van der Waals surface area contributed by atoms with Gasteiger partial charge in [-0.2, -0.15) is 0 Å². The number of nitrogens with zero attached hydrogens (tertiary/aromatic N) is 4. The number of hydrogen-bond acceptors (Lipinski definition) is 10. The number of aromatic amines is 2. The van der Waals surface area contributed by atoms with E-state index in [2.05, 4.69) is 51.8 Å². The van der Waals surface area contributed by atoms with Crippen molar-refractivity contribution in [1.29, 1.82) is 0 Å². The van der Waals surface area contributed by atoms with Gasteiger partial charge in [0.05, 0.1) is 62.8 Å². The summed E-state index contributed by atoms with van der Waals surface area (Å²) in [5.74, 6) is 1.12. The van der Waals surface area contributed by atoms with Crippen LogP contribution >= 0.6 is 0 Å². The fourth-order valence-electron chi connectivity index (χ4n) is 8.48. The molecule has 7 unspecified atom stereocenters. The van der Waals surface area contributed by atoms with E-state index in [0.29, 0.717) is 43.3 Å². The fraction of sp³-hybridized carbons (Fsp3) is 0.391. The summed E-state index contributed by atoms with van der Waals surface area (Å²) in [4.78, 5) is 72.4.